The van der Waals surface area contributed by atoms with Crippen LogP contribution < -0.4 is 5.73 Å². The van der Waals surface area contributed by atoms with Crippen molar-refractivity contribution < 1.29 is 9.21 Å². The predicted molar refractivity (Wildman–Crippen MR) is 68.2 cm³/mol. The minimum atomic E-state index is 0.0269. The second kappa shape index (κ2) is 4.43. The minimum Gasteiger partial charge on any atom is -0.459 e. The molecule has 4 heteroatoms. The van der Waals surface area contributed by atoms with Crippen LogP contribution in [0.15, 0.2) is 16.7 Å². The van der Waals surface area contributed by atoms with Crippen LogP contribution in [0.1, 0.15) is 35.4 Å². The third kappa shape index (κ3) is 1.85. The number of rotatable bonds is 1. The number of amides is 1. The largest absolute Gasteiger partial charge is 0.459 e. The van der Waals surface area contributed by atoms with Crippen LogP contribution in [-0.2, 0) is 0 Å². The van der Waals surface area contributed by atoms with Gasteiger partial charge in [0.2, 0.25) is 0 Å². The van der Waals surface area contributed by atoms with Crippen LogP contribution in [0, 0.1) is 18.8 Å². The zero-order chi connectivity index (χ0) is 12.7. The fraction of sp³-hybridized carbons (Fsp3) is 0.643. The predicted octanol–water partition coefficient (Wildman–Crippen LogP) is 1.79. The van der Waals surface area contributed by atoms with E-state index < -0.39 is 0 Å². The molecule has 2 heterocycles. The summed E-state index contributed by atoms with van der Waals surface area (Å²) in [5.41, 5.74) is 7.09. The van der Waals surface area contributed by atoms with Crippen LogP contribution in [-0.4, -0.2) is 29.9 Å². The Hall–Kier alpha value is -1.29. The van der Waals surface area contributed by atoms with Crippen LogP contribution >= 0.6 is 0 Å². The van der Waals surface area contributed by atoms with E-state index in [4.69, 9.17) is 10.2 Å². The summed E-state index contributed by atoms with van der Waals surface area (Å²) in [6.07, 6.45) is 5.09. The van der Waals surface area contributed by atoms with Crippen LogP contribution in [0.3, 0.4) is 0 Å². The lowest BCUT2D eigenvalue weighted by Gasteiger charge is -2.29. The molecule has 2 fully saturated rings. The number of carbonyl (C=O) groups is 1. The lowest BCUT2D eigenvalue weighted by atomic mass is 9.78. The number of furan rings is 1. The summed E-state index contributed by atoms with van der Waals surface area (Å²) in [7, 11) is 0. The zero-order valence-corrected chi connectivity index (χ0v) is 10.8. The molecule has 0 aromatic carbocycles. The average Bonchev–Trinajstić information content (AvgIpc) is 2.95. The van der Waals surface area contributed by atoms with Crippen molar-refractivity contribution in [2.75, 3.05) is 13.1 Å². The van der Waals surface area contributed by atoms with Gasteiger partial charge in [0.1, 0.15) is 0 Å². The SMILES string of the molecule is Cc1ccoc1C(=O)N1CC2CCCC(N)C2C1. The molecule has 1 amide bonds. The van der Waals surface area contributed by atoms with Crippen molar-refractivity contribution in [2.45, 2.75) is 32.2 Å². The summed E-state index contributed by atoms with van der Waals surface area (Å²) in [5.74, 6) is 1.59. The molecule has 1 aliphatic heterocycles. The number of hydrogen-bond donors (Lipinski definition) is 1. The Labute approximate surface area is 107 Å². The summed E-state index contributed by atoms with van der Waals surface area (Å²) in [4.78, 5) is 14.3. The van der Waals surface area contributed by atoms with Crippen molar-refractivity contribution in [3.8, 4) is 0 Å². The van der Waals surface area contributed by atoms with E-state index >= 15 is 0 Å². The number of nitrogens with two attached hydrogens (primary N) is 1. The molecule has 18 heavy (non-hydrogen) atoms. The molecule has 3 unspecified atom stereocenters. The molecule has 1 saturated carbocycles. The Morgan fingerprint density at radius 1 is 1.44 bits per heavy atom. The van der Waals surface area contributed by atoms with Crippen LogP contribution in [0.2, 0.25) is 0 Å². The van der Waals surface area contributed by atoms with Gasteiger partial charge in [0.25, 0.3) is 5.91 Å². The van der Waals surface area contributed by atoms with Gasteiger partial charge < -0.3 is 15.1 Å². The number of nitrogens with zero attached hydrogens (tertiary/aromatic N) is 1. The summed E-state index contributed by atoms with van der Waals surface area (Å²) < 4.78 is 5.30. The zero-order valence-electron chi connectivity index (χ0n) is 10.8. The van der Waals surface area contributed by atoms with Crippen molar-refractivity contribution in [2.24, 2.45) is 17.6 Å². The van der Waals surface area contributed by atoms with E-state index in [2.05, 4.69) is 0 Å². The third-order valence-electron chi connectivity index (χ3n) is 4.50. The van der Waals surface area contributed by atoms with Crippen molar-refractivity contribution in [3.05, 3.63) is 23.7 Å². The van der Waals surface area contributed by atoms with Gasteiger partial charge in [-0.15, -0.1) is 0 Å². The molecule has 0 spiro atoms. The maximum Gasteiger partial charge on any atom is 0.289 e. The minimum absolute atomic E-state index is 0.0269. The first-order valence-electron chi connectivity index (χ1n) is 6.76. The molecule has 3 rings (SSSR count). The van der Waals surface area contributed by atoms with Gasteiger partial charge in [-0.2, -0.15) is 0 Å². The van der Waals surface area contributed by atoms with Gasteiger partial charge in [0, 0.05) is 24.7 Å². The summed E-state index contributed by atoms with van der Waals surface area (Å²) in [6.45, 7) is 3.55. The monoisotopic (exact) mass is 248 g/mol. The third-order valence-corrected chi connectivity index (χ3v) is 4.50. The van der Waals surface area contributed by atoms with Crippen LogP contribution in [0.25, 0.3) is 0 Å². The Kier molecular flexibility index (Phi) is 2.90. The van der Waals surface area contributed by atoms with Crippen molar-refractivity contribution in [3.63, 3.8) is 0 Å². The van der Waals surface area contributed by atoms with E-state index in [-0.39, 0.29) is 11.9 Å². The Morgan fingerprint density at radius 2 is 2.28 bits per heavy atom. The molecule has 1 aromatic heterocycles. The Morgan fingerprint density at radius 3 is 2.94 bits per heavy atom. The lowest BCUT2D eigenvalue weighted by Crippen LogP contribution is -2.38. The molecular formula is C14H20N2O2. The van der Waals surface area contributed by atoms with Crippen molar-refractivity contribution in [1.29, 1.82) is 0 Å². The fourth-order valence-corrected chi connectivity index (χ4v) is 3.42. The standard InChI is InChI=1S/C14H20N2O2/c1-9-5-6-18-13(9)14(17)16-7-10-3-2-4-12(15)11(10)8-16/h5-6,10-12H,2-4,7-8,15H2,1H3. The number of fused-ring (bicyclic) bond motifs is 1. The van der Waals surface area contributed by atoms with E-state index in [9.17, 15) is 4.79 Å². The summed E-state index contributed by atoms with van der Waals surface area (Å²) >= 11 is 0. The highest BCUT2D eigenvalue weighted by molar-refractivity contribution is 5.93. The van der Waals surface area contributed by atoms with E-state index in [1.807, 2.05) is 17.9 Å². The molecule has 3 atom stereocenters. The van der Waals surface area contributed by atoms with Crippen LogP contribution in [0.4, 0.5) is 0 Å². The van der Waals surface area contributed by atoms with Gasteiger partial charge in [0.05, 0.1) is 6.26 Å². The van der Waals surface area contributed by atoms with Gasteiger partial charge in [-0.1, -0.05) is 6.42 Å². The number of likely N-dealkylation sites (tertiary alicyclic amines) is 1. The Balaban J connectivity index is 1.75. The maximum absolute atomic E-state index is 12.4. The van der Waals surface area contributed by atoms with Gasteiger partial charge in [-0.3, -0.25) is 4.79 Å². The molecule has 1 aromatic rings. The average molecular weight is 248 g/mol. The first-order valence-corrected chi connectivity index (χ1v) is 6.76. The summed E-state index contributed by atoms with van der Waals surface area (Å²) in [5, 5.41) is 0. The number of hydrogen-bond acceptors (Lipinski definition) is 3. The molecule has 0 bridgehead atoms. The molecule has 0 radical (unpaired) electrons. The lowest BCUT2D eigenvalue weighted by molar-refractivity contribution is 0.0751. The topological polar surface area (TPSA) is 59.5 Å². The summed E-state index contributed by atoms with van der Waals surface area (Å²) in [6, 6.07) is 2.10. The van der Waals surface area contributed by atoms with Crippen molar-refractivity contribution in [1.82, 2.24) is 4.90 Å². The van der Waals surface area contributed by atoms with E-state index in [0.29, 0.717) is 17.6 Å². The molecule has 4 nitrogen and oxygen atoms in total. The molecule has 1 aliphatic carbocycles. The first kappa shape index (κ1) is 11.8. The molecule has 98 valence electrons. The highest BCUT2D eigenvalue weighted by Gasteiger charge is 2.41. The number of aryl methyl sites for hydroxylation is 1. The van der Waals surface area contributed by atoms with Crippen LogP contribution in [0.5, 0.6) is 0 Å². The van der Waals surface area contributed by atoms with Gasteiger partial charge in [0.15, 0.2) is 5.76 Å². The molecule has 2 aliphatic rings. The fourth-order valence-electron chi connectivity index (χ4n) is 3.42. The second-order valence-corrected chi connectivity index (χ2v) is 5.66. The van der Waals surface area contributed by atoms with Gasteiger partial charge in [-0.05, 0) is 37.7 Å². The number of carbonyl (C=O) groups excluding carboxylic acids is 1. The molecular weight excluding hydrogens is 228 g/mol. The molecule has 2 N–H and O–H groups in total. The van der Waals surface area contributed by atoms with Crippen molar-refractivity contribution >= 4 is 5.91 Å². The highest BCUT2D eigenvalue weighted by atomic mass is 16.3. The quantitative estimate of drug-likeness (QED) is 0.824. The first-order chi connectivity index (χ1) is 8.66. The van der Waals surface area contributed by atoms with E-state index in [1.165, 1.54) is 12.8 Å². The van der Waals surface area contributed by atoms with Gasteiger partial charge in [-0.25, -0.2) is 0 Å². The second-order valence-electron chi connectivity index (χ2n) is 5.66. The normalized spacial score (nSPS) is 31.4. The van der Waals surface area contributed by atoms with E-state index in [0.717, 1.165) is 25.1 Å². The smallest absolute Gasteiger partial charge is 0.289 e. The van der Waals surface area contributed by atoms with Gasteiger partial charge >= 0.3 is 0 Å². The maximum atomic E-state index is 12.4. The molecule has 1 saturated heterocycles. The highest BCUT2D eigenvalue weighted by Crippen LogP contribution is 2.36. The van der Waals surface area contributed by atoms with E-state index in [1.54, 1.807) is 6.26 Å². The Bertz CT molecular complexity index is 454.